The largest absolute Gasteiger partial charge is 0.359 e. The molecule has 0 amide bonds. The average Bonchev–Trinajstić information content (AvgIpc) is 2.80. The maximum Gasteiger partial charge on any atom is 0.269 e. The molecule has 1 unspecified atom stereocenters. The van der Waals surface area contributed by atoms with E-state index in [2.05, 4.69) is 43.2 Å². The molecule has 0 saturated heterocycles. The first kappa shape index (κ1) is 22.1. The Morgan fingerprint density at radius 2 is 1.88 bits per heavy atom. The van der Waals surface area contributed by atoms with Gasteiger partial charge in [0.25, 0.3) is 5.56 Å². The predicted molar refractivity (Wildman–Crippen MR) is 133 cm³/mol. The number of benzene rings is 2. The van der Waals surface area contributed by atoms with Crippen LogP contribution in [0.4, 0.5) is 16.2 Å². The van der Waals surface area contributed by atoms with Crippen molar-refractivity contribution >= 4 is 45.3 Å². The summed E-state index contributed by atoms with van der Waals surface area (Å²) in [6, 6.07) is 13.3. The van der Waals surface area contributed by atoms with Crippen molar-refractivity contribution in [1.29, 1.82) is 0 Å². The van der Waals surface area contributed by atoms with Gasteiger partial charge in [0.15, 0.2) is 0 Å². The molecule has 0 aliphatic heterocycles. The van der Waals surface area contributed by atoms with Gasteiger partial charge in [0.1, 0.15) is 22.8 Å². The Balaban J connectivity index is 1.90. The minimum atomic E-state index is -0.585. The van der Waals surface area contributed by atoms with Crippen LogP contribution >= 0.6 is 22.6 Å². The van der Waals surface area contributed by atoms with Gasteiger partial charge in [-0.1, -0.05) is 31.2 Å². The van der Waals surface area contributed by atoms with Gasteiger partial charge >= 0.3 is 0 Å². The Hall–Kier alpha value is -3.08. The Kier molecular flexibility index (Phi) is 6.63. The summed E-state index contributed by atoms with van der Waals surface area (Å²) in [5.41, 5.74) is 0.500. The van der Waals surface area contributed by atoms with Crippen molar-refractivity contribution in [3.05, 3.63) is 80.3 Å². The molecule has 0 radical (unpaired) electrons. The minimum Gasteiger partial charge on any atom is -0.359 e. The zero-order chi connectivity index (χ0) is 22.7. The molecule has 2 N–H and O–H groups in total. The highest BCUT2D eigenvalue weighted by atomic mass is 127. The summed E-state index contributed by atoms with van der Waals surface area (Å²) in [5, 5.41) is 6.49. The second-order valence-corrected chi connectivity index (χ2v) is 8.27. The number of para-hydroxylation sites is 1. The van der Waals surface area contributed by atoms with Crippen molar-refractivity contribution in [3.8, 4) is 5.69 Å². The van der Waals surface area contributed by atoms with E-state index in [1.807, 2.05) is 44.2 Å². The van der Waals surface area contributed by atoms with Gasteiger partial charge in [-0.15, -0.1) is 0 Å². The highest BCUT2D eigenvalue weighted by Crippen LogP contribution is 2.26. The summed E-state index contributed by atoms with van der Waals surface area (Å²) < 4.78 is 16.9. The number of hydrogen-bond acceptors (Lipinski definition) is 6. The molecule has 164 valence electrons. The van der Waals surface area contributed by atoms with E-state index in [9.17, 15) is 9.18 Å². The van der Waals surface area contributed by atoms with Gasteiger partial charge in [0.05, 0.1) is 20.8 Å². The maximum absolute atomic E-state index is 14.6. The number of anilines is 2. The first-order valence-corrected chi connectivity index (χ1v) is 11.4. The predicted octanol–water partition coefficient (Wildman–Crippen LogP) is 4.91. The van der Waals surface area contributed by atoms with E-state index < -0.39 is 11.4 Å². The SMILES string of the molecule is CCNc1ncc(I)c(NC(CC)c2nc3cccc(F)c3c(=O)n2-c2ccccc2)n1. The van der Waals surface area contributed by atoms with Crippen LogP contribution in [0.5, 0.6) is 0 Å². The molecule has 4 rings (SSSR count). The van der Waals surface area contributed by atoms with Gasteiger partial charge in [-0.05, 0) is 60.2 Å². The van der Waals surface area contributed by atoms with Crippen LogP contribution in [0.1, 0.15) is 32.1 Å². The zero-order valence-electron chi connectivity index (χ0n) is 17.6. The third kappa shape index (κ3) is 4.29. The molecule has 0 fully saturated rings. The molecule has 2 aromatic carbocycles. The Labute approximate surface area is 198 Å². The highest BCUT2D eigenvalue weighted by Gasteiger charge is 2.22. The van der Waals surface area contributed by atoms with E-state index >= 15 is 0 Å². The van der Waals surface area contributed by atoms with E-state index in [0.717, 1.165) is 3.57 Å². The van der Waals surface area contributed by atoms with Crippen LogP contribution in [0.3, 0.4) is 0 Å². The van der Waals surface area contributed by atoms with Crippen LogP contribution in [-0.2, 0) is 0 Å². The molecule has 0 aliphatic carbocycles. The molecule has 0 aliphatic rings. The number of nitrogens with one attached hydrogen (secondary N) is 2. The highest BCUT2D eigenvalue weighted by molar-refractivity contribution is 14.1. The van der Waals surface area contributed by atoms with Crippen LogP contribution in [0, 0.1) is 9.39 Å². The molecular weight excluding hydrogens is 522 g/mol. The smallest absolute Gasteiger partial charge is 0.269 e. The molecule has 9 heteroatoms. The van der Waals surface area contributed by atoms with E-state index in [4.69, 9.17) is 4.98 Å². The van der Waals surface area contributed by atoms with E-state index in [1.54, 1.807) is 18.3 Å². The molecule has 0 saturated carbocycles. The van der Waals surface area contributed by atoms with Gasteiger partial charge in [-0.25, -0.2) is 14.4 Å². The molecule has 1 atom stereocenters. The molecule has 2 heterocycles. The lowest BCUT2D eigenvalue weighted by Crippen LogP contribution is -2.29. The third-order valence-electron chi connectivity index (χ3n) is 5.00. The number of nitrogens with zero attached hydrogens (tertiary/aromatic N) is 4. The lowest BCUT2D eigenvalue weighted by atomic mass is 10.1. The molecular formula is C23H22FIN6O. The van der Waals surface area contributed by atoms with Crippen molar-refractivity contribution in [3.63, 3.8) is 0 Å². The van der Waals surface area contributed by atoms with Gasteiger partial charge < -0.3 is 10.6 Å². The van der Waals surface area contributed by atoms with Crippen LogP contribution in [0.15, 0.2) is 59.5 Å². The molecule has 32 heavy (non-hydrogen) atoms. The van der Waals surface area contributed by atoms with Gasteiger partial charge in [0.2, 0.25) is 5.95 Å². The lowest BCUT2D eigenvalue weighted by molar-refractivity contribution is 0.630. The Bertz CT molecular complexity index is 1310. The van der Waals surface area contributed by atoms with Crippen molar-refractivity contribution in [2.45, 2.75) is 26.3 Å². The first-order chi connectivity index (χ1) is 15.5. The lowest BCUT2D eigenvalue weighted by Gasteiger charge is -2.23. The summed E-state index contributed by atoms with van der Waals surface area (Å²) in [6.45, 7) is 4.66. The fourth-order valence-electron chi connectivity index (χ4n) is 3.49. The summed E-state index contributed by atoms with van der Waals surface area (Å²) in [5.74, 6) is 1.05. The van der Waals surface area contributed by atoms with Gasteiger partial charge in [0, 0.05) is 12.7 Å². The normalized spacial score (nSPS) is 12.0. The van der Waals surface area contributed by atoms with Crippen LogP contribution < -0.4 is 16.2 Å². The fourth-order valence-corrected chi connectivity index (χ4v) is 3.91. The summed E-state index contributed by atoms with van der Waals surface area (Å²) in [4.78, 5) is 27.0. The van der Waals surface area contributed by atoms with Gasteiger partial charge in [-0.3, -0.25) is 9.36 Å². The minimum absolute atomic E-state index is 0.0268. The molecule has 4 aromatic rings. The zero-order valence-corrected chi connectivity index (χ0v) is 19.8. The standard InChI is InChI=1S/C23H22FIN6O/c1-3-17(28-20-16(25)13-27-23(30-20)26-4-2)21-29-18-12-8-11-15(24)19(18)22(32)31(21)14-9-6-5-7-10-14/h5-13,17H,3-4H2,1-2H3,(H2,26,27,28,30). The van der Waals surface area contributed by atoms with Crippen molar-refractivity contribution in [2.24, 2.45) is 0 Å². The average molecular weight is 544 g/mol. The summed E-state index contributed by atoms with van der Waals surface area (Å²) >= 11 is 2.17. The van der Waals surface area contributed by atoms with Crippen molar-refractivity contribution in [2.75, 3.05) is 17.2 Å². The summed E-state index contributed by atoms with van der Waals surface area (Å²) in [7, 11) is 0. The Morgan fingerprint density at radius 1 is 1.09 bits per heavy atom. The first-order valence-electron chi connectivity index (χ1n) is 10.3. The van der Waals surface area contributed by atoms with Crippen LogP contribution in [0.2, 0.25) is 0 Å². The summed E-state index contributed by atoms with van der Waals surface area (Å²) in [6.07, 6.45) is 2.35. The van der Waals surface area contributed by atoms with Gasteiger partial charge in [-0.2, -0.15) is 4.98 Å². The fraction of sp³-hybridized carbons (Fsp3) is 0.217. The van der Waals surface area contributed by atoms with Crippen molar-refractivity contribution < 1.29 is 4.39 Å². The topological polar surface area (TPSA) is 84.7 Å². The Morgan fingerprint density at radius 3 is 2.59 bits per heavy atom. The van der Waals surface area contributed by atoms with E-state index in [1.165, 1.54) is 10.6 Å². The number of aromatic nitrogens is 4. The number of hydrogen-bond donors (Lipinski definition) is 2. The van der Waals surface area contributed by atoms with Crippen LogP contribution in [-0.4, -0.2) is 26.1 Å². The quantitative estimate of drug-likeness (QED) is 0.322. The molecule has 0 bridgehead atoms. The van der Waals surface area contributed by atoms with E-state index in [-0.39, 0.29) is 11.4 Å². The van der Waals surface area contributed by atoms with E-state index in [0.29, 0.717) is 41.8 Å². The second-order valence-electron chi connectivity index (χ2n) is 7.11. The number of rotatable bonds is 7. The second kappa shape index (κ2) is 9.60. The molecule has 7 nitrogen and oxygen atoms in total. The number of halogens is 2. The maximum atomic E-state index is 14.6. The molecule has 0 spiro atoms. The third-order valence-corrected chi connectivity index (χ3v) is 5.79. The molecule has 2 aromatic heterocycles. The van der Waals surface area contributed by atoms with Crippen molar-refractivity contribution in [1.82, 2.24) is 19.5 Å². The monoisotopic (exact) mass is 544 g/mol. The number of fused-ring (bicyclic) bond motifs is 1. The van der Waals surface area contributed by atoms with Crippen LogP contribution in [0.25, 0.3) is 16.6 Å².